The molecule has 0 aliphatic heterocycles. The monoisotopic (exact) mass is 674 g/mol. The fraction of sp³-hybridized carbons (Fsp3) is 0.778. The molecule has 0 saturated heterocycles. The fourth-order valence-electron chi connectivity index (χ4n) is 9.44. The highest BCUT2D eigenvalue weighted by Gasteiger charge is 2.68. The molecule has 0 aromatic rings. The Balaban J connectivity index is 1.32. The van der Waals surface area contributed by atoms with Crippen molar-refractivity contribution in [1.29, 1.82) is 0 Å². The Kier molecular flexibility index (Phi) is 11.3. The van der Waals surface area contributed by atoms with Crippen LogP contribution in [0, 0.1) is 40.4 Å². The number of aliphatic hydroxyl groups excluding tert-OH is 1. The molecule has 48 heavy (non-hydrogen) atoms. The summed E-state index contributed by atoms with van der Waals surface area (Å²) in [7, 11) is 0. The third kappa shape index (κ3) is 7.25. The van der Waals surface area contributed by atoms with Gasteiger partial charge >= 0.3 is 11.9 Å². The van der Waals surface area contributed by atoms with Crippen LogP contribution in [0.5, 0.6) is 0 Å². The van der Waals surface area contributed by atoms with Gasteiger partial charge in [0.2, 0.25) is 17.6 Å². The molecule has 2 amide bonds. The predicted octanol–water partition coefficient (Wildman–Crippen LogP) is 2.87. The average molecular weight is 675 g/mol. The standard InChI is InChI=1S/C36H54N2O10/c1-19(2)15-25(33(45)46)37-32(44)31(20(3)4)38-28(42)9-10-29(43)48-18-27(41)36(47)14-12-24-23-8-7-21-16-22(39)11-13-34(21,5)30(23)26(40)17-35(24,36)6/h16,19-20,23-26,30-31,40,47H,7-15,17-18H2,1-6H3,(H,37,44)(H,38,42)(H,45,46)/t23-,24-,25+,26-,30+,31+,34-,35-,36-/m0/s1. The van der Waals surface area contributed by atoms with Crippen LogP contribution in [0.4, 0.5) is 0 Å². The Hall–Kier alpha value is -3.12. The molecule has 5 N–H and O–H groups in total. The molecule has 0 heterocycles. The van der Waals surface area contributed by atoms with E-state index >= 15 is 0 Å². The highest BCUT2D eigenvalue weighted by Crippen LogP contribution is 2.67. The SMILES string of the molecule is CC(C)C[C@@H](NC(=O)[C@H](NC(=O)CCC(=O)OCC(=O)[C@@]1(O)CC[C@H]2[C@@H]3CCC4=CC(=O)CC[C@]4(C)[C@H]3[C@@H](O)C[C@@]21C)C(C)C)C(=O)O. The van der Waals surface area contributed by atoms with Gasteiger partial charge in [-0.2, -0.15) is 0 Å². The van der Waals surface area contributed by atoms with Crippen LogP contribution >= 0.6 is 0 Å². The lowest BCUT2D eigenvalue weighted by molar-refractivity contribution is -0.184. The summed E-state index contributed by atoms with van der Waals surface area (Å²) in [6.45, 7) is 10.4. The molecule has 0 radical (unpaired) electrons. The topological polar surface area (TPSA) is 196 Å². The van der Waals surface area contributed by atoms with Crippen molar-refractivity contribution in [2.75, 3.05) is 6.61 Å². The summed E-state index contributed by atoms with van der Waals surface area (Å²) in [6.07, 6.45) is 4.21. The number of esters is 1. The number of hydrogen-bond donors (Lipinski definition) is 5. The molecule has 0 unspecified atom stereocenters. The van der Waals surface area contributed by atoms with Crippen LogP contribution in [0.1, 0.15) is 106 Å². The lowest BCUT2D eigenvalue weighted by atomic mass is 9.45. The molecule has 3 fully saturated rings. The molecule has 4 rings (SSSR count). The van der Waals surface area contributed by atoms with Gasteiger partial charge in [-0.25, -0.2) is 4.79 Å². The maximum atomic E-state index is 13.5. The number of allylic oxidation sites excluding steroid dienone is 1. The molecule has 0 bridgehead atoms. The molecule has 0 aromatic heterocycles. The molecule has 3 saturated carbocycles. The van der Waals surface area contributed by atoms with E-state index in [2.05, 4.69) is 17.6 Å². The Morgan fingerprint density at radius 3 is 2.31 bits per heavy atom. The number of ether oxygens (including phenoxy) is 1. The van der Waals surface area contributed by atoms with Gasteiger partial charge in [0.1, 0.15) is 17.7 Å². The van der Waals surface area contributed by atoms with Gasteiger partial charge in [0.05, 0.1) is 12.5 Å². The summed E-state index contributed by atoms with van der Waals surface area (Å²) < 4.78 is 5.23. The normalized spacial score (nSPS) is 33.9. The molecular weight excluding hydrogens is 620 g/mol. The average Bonchev–Trinajstić information content (AvgIpc) is 3.27. The molecule has 4 aliphatic rings. The maximum absolute atomic E-state index is 13.5. The molecule has 0 aromatic carbocycles. The number of rotatable bonds is 13. The second-order valence-electron chi connectivity index (χ2n) is 15.9. The van der Waals surface area contributed by atoms with Crippen molar-refractivity contribution in [1.82, 2.24) is 10.6 Å². The van der Waals surface area contributed by atoms with E-state index in [0.717, 1.165) is 18.4 Å². The number of aliphatic hydroxyl groups is 2. The molecule has 12 heteroatoms. The Bertz CT molecular complexity index is 1340. The van der Waals surface area contributed by atoms with E-state index in [0.29, 0.717) is 19.3 Å². The third-order valence-electron chi connectivity index (χ3n) is 12.0. The Morgan fingerprint density at radius 2 is 1.69 bits per heavy atom. The minimum Gasteiger partial charge on any atom is -0.480 e. The first-order chi connectivity index (χ1) is 22.3. The number of amides is 2. The Labute approximate surface area is 282 Å². The number of aliphatic carboxylic acids is 1. The van der Waals surface area contributed by atoms with Crippen LogP contribution in [-0.2, 0) is 33.5 Å². The van der Waals surface area contributed by atoms with Crippen LogP contribution in [0.15, 0.2) is 11.6 Å². The molecule has 268 valence electrons. The van der Waals surface area contributed by atoms with E-state index in [1.165, 1.54) is 0 Å². The van der Waals surface area contributed by atoms with Crippen LogP contribution in [0.3, 0.4) is 0 Å². The summed E-state index contributed by atoms with van der Waals surface area (Å²) in [5.41, 5.74) is -1.90. The van der Waals surface area contributed by atoms with E-state index < -0.39 is 65.3 Å². The molecule has 4 aliphatic carbocycles. The van der Waals surface area contributed by atoms with Gasteiger partial charge in [-0.05, 0) is 86.0 Å². The predicted molar refractivity (Wildman–Crippen MR) is 174 cm³/mol. The first kappa shape index (κ1) is 37.7. The zero-order valence-corrected chi connectivity index (χ0v) is 29.2. The smallest absolute Gasteiger partial charge is 0.326 e. The zero-order chi connectivity index (χ0) is 35.8. The van der Waals surface area contributed by atoms with E-state index in [4.69, 9.17) is 4.74 Å². The van der Waals surface area contributed by atoms with Crippen molar-refractivity contribution in [2.45, 2.75) is 130 Å². The van der Waals surface area contributed by atoms with Crippen LogP contribution < -0.4 is 10.6 Å². The van der Waals surface area contributed by atoms with Crippen molar-refractivity contribution in [3.05, 3.63) is 11.6 Å². The van der Waals surface area contributed by atoms with E-state index in [9.17, 15) is 44.1 Å². The number of ketones is 2. The number of fused-ring (bicyclic) bond motifs is 5. The number of nitrogens with one attached hydrogen (secondary N) is 2. The summed E-state index contributed by atoms with van der Waals surface area (Å²) >= 11 is 0. The number of carbonyl (C=O) groups excluding carboxylic acids is 5. The van der Waals surface area contributed by atoms with Gasteiger partial charge in [0, 0.05) is 18.3 Å². The number of carboxylic acids is 1. The first-order valence-corrected chi connectivity index (χ1v) is 17.5. The van der Waals surface area contributed by atoms with Crippen molar-refractivity contribution >= 4 is 35.3 Å². The molecule has 12 nitrogen and oxygen atoms in total. The van der Waals surface area contributed by atoms with Gasteiger partial charge < -0.3 is 30.7 Å². The third-order valence-corrected chi connectivity index (χ3v) is 12.0. The number of carbonyl (C=O) groups is 6. The van der Waals surface area contributed by atoms with Crippen molar-refractivity contribution in [2.24, 2.45) is 40.4 Å². The minimum absolute atomic E-state index is 0.0162. The maximum Gasteiger partial charge on any atom is 0.326 e. The summed E-state index contributed by atoms with van der Waals surface area (Å²) in [5, 5.41) is 38.0. The van der Waals surface area contributed by atoms with Crippen LogP contribution in [-0.4, -0.2) is 81.0 Å². The molecular formula is C36H54N2O10. The number of Topliss-reactive ketones (excluding diaryl/α,β-unsaturated/α-hetero) is 1. The van der Waals surface area contributed by atoms with Gasteiger partial charge in [0.15, 0.2) is 12.4 Å². The quantitative estimate of drug-likeness (QED) is 0.181. The van der Waals surface area contributed by atoms with Crippen molar-refractivity contribution in [3.8, 4) is 0 Å². The zero-order valence-electron chi connectivity index (χ0n) is 29.2. The minimum atomic E-state index is -1.79. The summed E-state index contributed by atoms with van der Waals surface area (Å²) in [4.78, 5) is 75.4. The van der Waals surface area contributed by atoms with E-state index in [1.54, 1.807) is 19.9 Å². The van der Waals surface area contributed by atoms with E-state index in [-0.39, 0.29) is 72.9 Å². The van der Waals surface area contributed by atoms with Gasteiger partial charge in [-0.3, -0.25) is 24.0 Å². The highest BCUT2D eigenvalue weighted by atomic mass is 16.5. The second-order valence-corrected chi connectivity index (χ2v) is 15.9. The largest absolute Gasteiger partial charge is 0.480 e. The van der Waals surface area contributed by atoms with Crippen molar-refractivity contribution < 1.29 is 48.8 Å². The lowest BCUT2D eigenvalue weighted by Crippen LogP contribution is -2.62. The summed E-state index contributed by atoms with van der Waals surface area (Å²) in [5.74, 6) is -4.07. The fourth-order valence-corrected chi connectivity index (χ4v) is 9.44. The van der Waals surface area contributed by atoms with E-state index in [1.807, 2.05) is 20.8 Å². The highest BCUT2D eigenvalue weighted by molar-refractivity contribution is 5.93. The molecule has 0 spiro atoms. The second kappa shape index (κ2) is 14.4. The Morgan fingerprint density at radius 1 is 1.00 bits per heavy atom. The number of hydrogen-bond acceptors (Lipinski definition) is 9. The van der Waals surface area contributed by atoms with Gasteiger partial charge in [-0.1, -0.05) is 47.1 Å². The van der Waals surface area contributed by atoms with Gasteiger partial charge in [0.25, 0.3) is 0 Å². The molecule has 9 atom stereocenters. The lowest BCUT2D eigenvalue weighted by Gasteiger charge is -2.60. The first-order valence-electron chi connectivity index (χ1n) is 17.5. The summed E-state index contributed by atoms with van der Waals surface area (Å²) in [6, 6.07) is -2.12. The van der Waals surface area contributed by atoms with Crippen molar-refractivity contribution in [3.63, 3.8) is 0 Å². The van der Waals surface area contributed by atoms with Crippen LogP contribution in [0.2, 0.25) is 0 Å². The van der Waals surface area contributed by atoms with Gasteiger partial charge in [-0.15, -0.1) is 0 Å². The number of carboxylic acid groups (broad SMARTS) is 1. The van der Waals surface area contributed by atoms with Crippen LogP contribution in [0.25, 0.3) is 0 Å².